The third-order valence-electron chi connectivity index (χ3n) is 5.24. The van der Waals surface area contributed by atoms with E-state index < -0.39 is 0 Å². The molecule has 0 saturated carbocycles. The number of para-hydroxylation sites is 2. The summed E-state index contributed by atoms with van der Waals surface area (Å²) >= 11 is 0. The summed E-state index contributed by atoms with van der Waals surface area (Å²) in [6.45, 7) is 7.85. The molecule has 7 heteroatoms. The number of ether oxygens (including phenoxy) is 1. The molecular formula is C26H30N6O. The molecule has 5 rings (SSSR count). The van der Waals surface area contributed by atoms with E-state index in [1.807, 2.05) is 75.5 Å². The number of hydrogen-bond donors (Lipinski definition) is 2. The highest BCUT2D eigenvalue weighted by Crippen LogP contribution is 2.26. The summed E-state index contributed by atoms with van der Waals surface area (Å²) in [6.07, 6.45) is 3.55. The molecule has 0 aliphatic heterocycles. The van der Waals surface area contributed by atoms with Gasteiger partial charge < -0.3 is 20.8 Å². The summed E-state index contributed by atoms with van der Waals surface area (Å²) in [5.74, 6) is 0.897. The molecule has 3 heterocycles. The Balaban J connectivity index is 0.000000196. The van der Waals surface area contributed by atoms with Crippen LogP contribution in [0.1, 0.15) is 26.6 Å². The second kappa shape index (κ2) is 9.52. The Labute approximate surface area is 193 Å². The van der Waals surface area contributed by atoms with Gasteiger partial charge in [0.2, 0.25) is 0 Å². The highest BCUT2D eigenvalue weighted by Gasteiger charge is 2.19. The van der Waals surface area contributed by atoms with E-state index in [-0.39, 0.29) is 5.54 Å². The molecule has 0 radical (unpaired) electrons. The van der Waals surface area contributed by atoms with Crippen molar-refractivity contribution >= 4 is 38.5 Å². The lowest BCUT2D eigenvalue weighted by Crippen LogP contribution is -2.37. The van der Waals surface area contributed by atoms with Crippen LogP contribution in [0.25, 0.3) is 32.8 Å². The van der Waals surface area contributed by atoms with Crippen LogP contribution < -0.4 is 11.5 Å². The van der Waals surface area contributed by atoms with Crippen molar-refractivity contribution in [1.29, 1.82) is 0 Å². The number of anilines is 1. The van der Waals surface area contributed by atoms with Crippen molar-refractivity contribution in [3.8, 4) is 0 Å². The van der Waals surface area contributed by atoms with Crippen molar-refractivity contribution in [2.45, 2.75) is 39.5 Å². The zero-order chi connectivity index (χ0) is 23.4. The molecule has 0 aliphatic carbocycles. The fourth-order valence-corrected chi connectivity index (χ4v) is 3.81. The van der Waals surface area contributed by atoms with Crippen LogP contribution in [0.3, 0.4) is 0 Å². The number of hydrogen-bond acceptors (Lipinski definition) is 6. The van der Waals surface area contributed by atoms with Gasteiger partial charge >= 0.3 is 0 Å². The number of aromatic nitrogens is 4. The minimum Gasteiger partial charge on any atom is -0.398 e. The fourth-order valence-electron chi connectivity index (χ4n) is 3.81. The second-order valence-electron chi connectivity index (χ2n) is 8.67. The van der Waals surface area contributed by atoms with Gasteiger partial charge in [0, 0.05) is 41.3 Å². The van der Waals surface area contributed by atoms with Crippen molar-refractivity contribution in [2.75, 3.05) is 12.3 Å². The molecule has 0 aliphatic rings. The molecule has 0 unspecified atom stereocenters. The monoisotopic (exact) mass is 442 g/mol. The van der Waals surface area contributed by atoms with Gasteiger partial charge in [-0.25, -0.2) is 4.98 Å². The van der Waals surface area contributed by atoms with Crippen molar-refractivity contribution in [3.63, 3.8) is 0 Å². The standard InChI is InChI=1S/C17H22N4O.C9H8N2/c1-4-22-10-15-20-14-9-19-13-8-6-5-7-12(13)16(14)21(15)11-17(2,3)18;10-8-5-6-11-9-4-2-1-3-7(8)9/h5-9H,4,10-11,18H2,1-3H3;1-6H,(H2,10,11). The lowest BCUT2D eigenvalue weighted by atomic mass is 10.1. The normalized spacial score (nSPS) is 11.6. The van der Waals surface area contributed by atoms with Crippen molar-refractivity contribution in [3.05, 3.63) is 72.8 Å². The first-order valence-electron chi connectivity index (χ1n) is 11.1. The minimum atomic E-state index is -0.334. The van der Waals surface area contributed by atoms with Gasteiger partial charge in [-0.3, -0.25) is 9.97 Å². The van der Waals surface area contributed by atoms with Gasteiger partial charge in [-0.1, -0.05) is 36.4 Å². The maximum atomic E-state index is 6.25. The van der Waals surface area contributed by atoms with E-state index in [0.29, 0.717) is 19.8 Å². The summed E-state index contributed by atoms with van der Waals surface area (Å²) in [5.41, 5.74) is 16.3. The molecule has 0 amide bonds. The lowest BCUT2D eigenvalue weighted by molar-refractivity contribution is 0.125. The average Bonchev–Trinajstić information content (AvgIpc) is 3.14. The topological polar surface area (TPSA) is 105 Å². The van der Waals surface area contributed by atoms with Gasteiger partial charge in [0.1, 0.15) is 17.9 Å². The number of nitrogen functional groups attached to an aromatic ring is 1. The number of rotatable bonds is 5. The zero-order valence-corrected chi connectivity index (χ0v) is 19.3. The summed E-state index contributed by atoms with van der Waals surface area (Å²) < 4.78 is 7.75. The Morgan fingerprint density at radius 1 is 0.909 bits per heavy atom. The number of nitrogens with two attached hydrogens (primary N) is 2. The van der Waals surface area contributed by atoms with E-state index in [2.05, 4.69) is 20.6 Å². The van der Waals surface area contributed by atoms with Crippen LogP contribution >= 0.6 is 0 Å². The third-order valence-corrected chi connectivity index (χ3v) is 5.24. The van der Waals surface area contributed by atoms with Crippen LogP contribution in [0, 0.1) is 0 Å². The molecule has 5 aromatic rings. The maximum Gasteiger partial charge on any atom is 0.136 e. The molecule has 4 N–H and O–H groups in total. The van der Waals surface area contributed by atoms with Crippen LogP contribution in [-0.2, 0) is 17.9 Å². The molecule has 170 valence electrons. The van der Waals surface area contributed by atoms with Gasteiger partial charge in [-0.15, -0.1) is 0 Å². The van der Waals surface area contributed by atoms with Gasteiger partial charge in [0.15, 0.2) is 0 Å². The number of nitrogens with zero attached hydrogens (tertiary/aromatic N) is 4. The Morgan fingerprint density at radius 2 is 1.58 bits per heavy atom. The predicted molar refractivity (Wildman–Crippen MR) is 135 cm³/mol. The Bertz CT molecular complexity index is 1380. The first-order valence-corrected chi connectivity index (χ1v) is 11.1. The fraction of sp³-hybridized carbons (Fsp3) is 0.269. The van der Waals surface area contributed by atoms with E-state index in [1.54, 1.807) is 6.20 Å². The van der Waals surface area contributed by atoms with Crippen molar-refractivity contribution in [1.82, 2.24) is 19.5 Å². The minimum absolute atomic E-state index is 0.334. The molecule has 0 spiro atoms. The van der Waals surface area contributed by atoms with Gasteiger partial charge in [-0.2, -0.15) is 0 Å². The third kappa shape index (κ3) is 5.10. The SMILES string of the molecule is CCOCc1nc2cnc3ccccc3c2n1CC(C)(C)N.Nc1ccnc2ccccc12. The number of fused-ring (bicyclic) bond motifs is 4. The summed E-state index contributed by atoms with van der Waals surface area (Å²) in [6, 6.07) is 17.8. The van der Waals surface area contributed by atoms with Crippen molar-refractivity contribution in [2.24, 2.45) is 5.73 Å². The van der Waals surface area contributed by atoms with E-state index in [9.17, 15) is 0 Å². The summed E-state index contributed by atoms with van der Waals surface area (Å²) in [4.78, 5) is 13.4. The first kappa shape index (κ1) is 22.6. The summed E-state index contributed by atoms with van der Waals surface area (Å²) in [5, 5.41) is 2.12. The zero-order valence-electron chi connectivity index (χ0n) is 19.3. The highest BCUT2D eigenvalue weighted by molar-refractivity contribution is 6.02. The predicted octanol–water partition coefficient (Wildman–Crippen LogP) is 4.68. The Morgan fingerprint density at radius 3 is 2.24 bits per heavy atom. The van der Waals surface area contributed by atoms with Gasteiger partial charge in [0.05, 0.1) is 22.7 Å². The molecular weight excluding hydrogens is 412 g/mol. The summed E-state index contributed by atoms with van der Waals surface area (Å²) in [7, 11) is 0. The number of pyridine rings is 2. The Hall–Kier alpha value is -3.55. The van der Waals surface area contributed by atoms with E-state index >= 15 is 0 Å². The maximum absolute atomic E-state index is 6.25. The molecule has 0 bridgehead atoms. The molecule has 3 aromatic heterocycles. The first-order chi connectivity index (χ1) is 15.9. The van der Waals surface area contributed by atoms with E-state index in [0.717, 1.165) is 44.4 Å². The molecule has 33 heavy (non-hydrogen) atoms. The number of imidazole rings is 1. The van der Waals surface area contributed by atoms with Crippen LogP contribution in [0.15, 0.2) is 67.0 Å². The molecule has 7 nitrogen and oxygen atoms in total. The highest BCUT2D eigenvalue weighted by atomic mass is 16.5. The lowest BCUT2D eigenvalue weighted by Gasteiger charge is -2.21. The largest absolute Gasteiger partial charge is 0.398 e. The molecule has 0 fully saturated rings. The van der Waals surface area contributed by atoms with E-state index in [4.69, 9.17) is 21.2 Å². The molecule has 2 aromatic carbocycles. The van der Waals surface area contributed by atoms with Crippen molar-refractivity contribution < 1.29 is 4.74 Å². The molecule has 0 atom stereocenters. The van der Waals surface area contributed by atoms with Gasteiger partial charge in [0.25, 0.3) is 0 Å². The van der Waals surface area contributed by atoms with E-state index in [1.165, 1.54) is 0 Å². The van der Waals surface area contributed by atoms with Gasteiger partial charge in [-0.05, 0) is 39.0 Å². The Kier molecular flexibility index (Phi) is 6.53. The van der Waals surface area contributed by atoms with Crippen LogP contribution in [0.5, 0.6) is 0 Å². The second-order valence-corrected chi connectivity index (χ2v) is 8.67. The smallest absolute Gasteiger partial charge is 0.136 e. The van der Waals surface area contributed by atoms with Crippen LogP contribution in [-0.4, -0.2) is 31.7 Å². The number of benzene rings is 2. The van der Waals surface area contributed by atoms with Crippen LogP contribution in [0.4, 0.5) is 5.69 Å². The quantitative estimate of drug-likeness (QED) is 0.410. The van der Waals surface area contributed by atoms with Crippen LogP contribution in [0.2, 0.25) is 0 Å². The molecule has 0 saturated heterocycles. The average molecular weight is 443 g/mol.